The molecule has 0 atom stereocenters. The summed E-state index contributed by atoms with van der Waals surface area (Å²) < 4.78 is 0.330. The highest BCUT2D eigenvalue weighted by Crippen LogP contribution is 2.57. The molecular formula is C22H32S5. The van der Waals surface area contributed by atoms with E-state index in [4.69, 9.17) is 0 Å². The van der Waals surface area contributed by atoms with Crippen molar-refractivity contribution in [3.8, 4) is 0 Å². The van der Waals surface area contributed by atoms with Gasteiger partial charge in [0.1, 0.15) is 0 Å². The van der Waals surface area contributed by atoms with E-state index < -0.39 is 0 Å². The summed E-state index contributed by atoms with van der Waals surface area (Å²) in [6, 6.07) is 15.8. The average molecular weight is 457 g/mol. The molecule has 150 valence electrons. The number of rotatable bonds is 13. The Bertz CT molecular complexity index is 611. The average Bonchev–Trinajstić information content (AvgIpc) is 3.23. The summed E-state index contributed by atoms with van der Waals surface area (Å²) in [5.41, 5.74) is 1.48. The van der Waals surface area contributed by atoms with E-state index in [1.807, 2.05) is 11.3 Å². The van der Waals surface area contributed by atoms with Gasteiger partial charge in [-0.25, -0.2) is 0 Å². The molecule has 0 saturated carbocycles. The van der Waals surface area contributed by atoms with Crippen molar-refractivity contribution in [1.29, 1.82) is 0 Å². The van der Waals surface area contributed by atoms with Crippen LogP contribution in [0.3, 0.4) is 0 Å². The van der Waals surface area contributed by atoms with Gasteiger partial charge in [0.15, 0.2) is 0 Å². The van der Waals surface area contributed by atoms with Crippen molar-refractivity contribution in [3.05, 3.63) is 58.3 Å². The predicted octanol–water partition coefficient (Wildman–Crippen LogP) is 8.55. The SMILES string of the molecule is CCSC(CCC(SCC)(SCC)c1cccs1)(SCC)c1ccccc1. The molecule has 1 heterocycles. The molecule has 0 unspecified atom stereocenters. The maximum atomic E-state index is 2.35. The number of hydrogen-bond donors (Lipinski definition) is 0. The monoisotopic (exact) mass is 456 g/mol. The molecule has 0 spiro atoms. The molecule has 0 bridgehead atoms. The van der Waals surface area contributed by atoms with E-state index in [0.717, 1.165) is 23.0 Å². The normalized spacial score (nSPS) is 12.4. The van der Waals surface area contributed by atoms with Crippen LogP contribution in [0.4, 0.5) is 0 Å². The first-order chi connectivity index (χ1) is 13.2. The van der Waals surface area contributed by atoms with Gasteiger partial charge < -0.3 is 0 Å². The zero-order valence-electron chi connectivity index (χ0n) is 16.9. The lowest BCUT2D eigenvalue weighted by atomic mass is 10.0. The van der Waals surface area contributed by atoms with Gasteiger partial charge in [0.2, 0.25) is 0 Å². The molecule has 1 aromatic carbocycles. The standard InChI is InChI=1S/C22H32S5/c1-5-24-21(25-6-2,19-13-10-9-11-14-19)16-17-22(26-7-3,27-8-4)20-15-12-18-23-20/h9-15,18H,5-8,16-17H2,1-4H3. The molecular weight excluding hydrogens is 425 g/mol. The molecule has 27 heavy (non-hydrogen) atoms. The lowest BCUT2D eigenvalue weighted by molar-refractivity contribution is 0.657. The number of benzene rings is 1. The molecule has 5 heteroatoms. The van der Waals surface area contributed by atoms with Crippen LogP contribution in [0.5, 0.6) is 0 Å². The summed E-state index contributed by atoms with van der Waals surface area (Å²) in [6.45, 7) is 9.20. The first-order valence-electron chi connectivity index (χ1n) is 9.81. The maximum Gasteiger partial charge on any atom is 0.0952 e. The van der Waals surface area contributed by atoms with Crippen molar-refractivity contribution < 1.29 is 0 Å². The Balaban J connectivity index is 2.36. The van der Waals surface area contributed by atoms with Gasteiger partial charge in [0.25, 0.3) is 0 Å². The summed E-state index contributed by atoms with van der Waals surface area (Å²) in [5.74, 6) is 4.61. The molecule has 0 radical (unpaired) electrons. The fourth-order valence-corrected chi connectivity index (χ4v) is 10.7. The van der Waals surface area contributed by atoms with E-state index in [1.165, 1.54) is 23.3 Å². The lowest BCUT2D eigenvalue weighted by Crippen LogP contribution is -2.25. The van der Waals surface area contributed by atoms with E-state index in [9.17, 15) is 0 Å². The van der Waals surface area contributed by atoms with Crippen LogP contribution in [0.25, 0.3) is 0 Å². The predicted molar refractivity (Wildman–Crippen MR) is 136 cm³/mol. The Morgan fingerprint density at radius 1 is 0.667 bits per heavy atom. The van der Waals surface area contributed by atoms with Crippen LogP contribution in [-0.2, 0) is 8.16 Å². The van der Waals surface area contributed by atoms with Gasteiger partial charge >= 0.3 is 0 Å². The van der Waals surface area contributed by atoms with E-state index in [0.29, 0.717) is 0 Å². The van der Waals surface area contributed by atoms with E-state index in [-0.39, 0.29) is 8.16 Å². The highest BCUT2D eigenvalue weighted by atomic mass is 32.2. The van der Waals surface area contributed by atoms with Crippen molar-refractivity contribution in [2.75, 3.05) is 23.0 Å². The Morgan fingerprint density at radius 2 is 1.19 bits per heavy atom. The first-order valence-corrected chi connectivity index (χ1v) is 14.6. The summed E-state index contributed by atoms with van der Waals surface area (Å²) in [6.07, 6.45) is 2.41. The number of hydrogen-bond acceptors (Lipinski definition) is 5. The van der Waals surface area contributed by atoms with E-state index in [1.54, 1.807) is 0 Å². The van der Waals surface area contributed by atoms with Gasteiger partial charge in [-0.3, -0.25) is 0 Å². The molecule has 0 aliphatic heterocycles. The molecule has 0 aliphatic carbocycles. The largest absolute Gasteiger partial charge is 0.147 e. The summed E-state index contributed by atoms with van der Waals surface area (Å²) >= 11 is 10.4. The third kappa shape index (κ3) is 6.15. The molecule has 0 N–H and O–H groups in total. The minimum atomic E-state index is 0.149. The minimum Gasteiger partial charge on any atom is -0.147 e. The van der Waals surface area contributed by atoms with Gasteiger partial charge in [-0.2, -0.15) is 0 Å². The van der Waals surface area contributed by atoms with Crippen LogP contribution in [0.1, 0.15) is 51.0 Å². The van der Waals surface area contributed by atoms with Gasteiger partial charge in [-0.1, -0.05) is 64.1 Å². The Kier molecular flexibility index (Phi) is 10.6. The van der Waals surface area contributed by atoms with Crippen LogP contribution in [0, 0.1) is 0 Å². The fourth-order valence-electron chi connectivity index (χ4n) is 3.40. The van der Waals surface area contributed by atoms with Gasteiger partial charge in [-0.15, -0.1) is 58.4 Å². The second-order valence-electron chi connectivity index (χ2n) is 6.08. The van der Waals surface area contributed by atoms with Crippen LogP contribution in [-0.4, -0.2) is 23.0 Å². The van der Waals surface area contributed by atoms with Gasteiger partial charge in [0.05, 0.1) is 8.16 Å². The fraction of sp³-hybridized carbons (Fsp3) is 0.545. The molecule has 0 amide bonds. The maximum absolute atomic E-state index is 2.35. The van der Waals surface area contributed by atoms with Crippen molar-refractivity contribution in [3.63, 3.8) is 0 Å². The van der Waals surface area contributed by atoms with E-state index >= 15 is 0 Å². The Labute approximate surface area is 187 Å². The third-order valence-corrected chi connectivity index (χ3v) is 11.9. The Hall–Kier alpha value is 0.320. The van der Waals surface area contributed by atoms with Crippen molar-refractivity contribution >= 4 is 58.4 Å². The van der Waals surface area contributed by atoms with Gasteiger partial charge in [0, 0.05) is 4.88 Å². The molecule has 0 fully saturated rings. The minimum absolute atomic E-state index is 0.149. The first kappa shape index (κ1) is 23.6. The molecule has 1 aromatic heterocycles. The van der Waals surface area contributed by atoms with E-state index in [2.05, 4.69) is 123 Å². The van der Waals surface area contributed by atoms with Crippen molar-refractivity contribution in [2.24, 2.45) is 0 Å². The summed E-state index contributed by atoms with van der Waals surface area (Å²) in [4.78, 5) is 1.53. The Morgan fingerprint density at radius 3 is 1.67 bits per heavy atom. The highest BCUT2D eigenvalue weighted by Gasteiger charge is 2.39. The second-order valence-corrected chi connectivity index (χ2v) is 13.8. The van der Waals surface area contributed by atoms with Crippen LogP contribution in [0.15, 0.2) is 47.8 Å². The zero-order valence-corrected chi connectivity index (χ0v) is 21.0. The van der Waals surface area contributed by atoms with Crippen LogP contribution < -0.4 is 0 Å². The number of thioether (sulfide) groups is 4. The van der Waals surface area contributed by atoms with Crippen molar-refractivity contribution in [1.82, 2.24) is 0 Å². The van der Waals surface area contributed by atoms with Crippen molar-refractivity contribution in [2.45, 2.75) is 48.7 Å². The smallest absolute Gasteiger partial charge is 0.0952 e. The van der Waals surface area contributed by atoms with Crippen LogP contribution >= 0.6 is 58.4 Å². The summed E-state index contributed by atoms with van der Waals surface area (Å²) in [5, 5.41) is 2.24. The third-order valence-electron chi connectivity index (χ3n) is 4.40. The van der Waals surface area contributed by atoms with Gasteiger partial charge in [-0.05, 0) is 52.9 Å². The quantitative estimate of drug-likeness (QED) is 0.277. The second kappa shape index (κ2) is 12.1. The molecule has 2 aromatic rings. The topological polar surface area (TPSA) is 0 Å². The molecule has 0 nitrogen and oxygen atoms in total. The molecule has 0 saturated heterocycles. The number of thiophene rings is 1. The highest BCUT2D eigenvalue weighted by molar-refractivity contribution is 8.18. The molecule has 2 rings (SSSR count). The lowest BCUT2D eigenvalue weighted by Gasteiger charge is -2.38. The zero-order chi connectivity index (χ0) is 19.6. The van der Waals surface area contributed by atoms with Crippen LogP contribution in [0.2, 0.25) is 0 Å². The summed E-state index contributed by atoms with van der Waals surface area (Å²) in [7, 11) is 0. The molecule has 0 aliphatic rings.